The molecule has 1 aromatic heterocycles. The predicted octanol–water partition coefficient (Wildman–Crippen LogP) is 3.29. The summed E-state index contributed by atoms with van der Waals surface area (Å²) in [4.78, 5) is 16.3. The van der Waals surface area contributed by atoms with Gasteiger partial charge in [0.15, 0.2) is 6.61 Å². The number of aryl methyl sites for hydroxylation is 1. The van der Waals surface area contributed by atoms with E-state index in [1.165, 1.54) is 12.1 Å². The Bertz CT molecular complexity index is 935. The van der Waals surface area contributed by atoms with Crippen molar-refractivity contribution in [1.29, 1.82) is 0 Å². The van der Waals surface area contributed by atoms with Gasteiger partial charge in [-0.3, -0.25) is 4.79 Å². The maximum absolute atomic E-state index is 12.7. The Morgan fingerprint density at radius 3 is 2.69 bits per heavy atom. The van der Waals surface area contributed by atoms with Crippen molar-refractivity contribution in [3.8, 4) is 5.75 Å². The zero-order valence-corrected chi connectivity index (χ0v) is 13.9. The normalized spacial score (nSPS) is 11.5. The number of carbonyl (C=O) groups is 1. The Morgan fingerprint density at radius 1 is 1.19 bits per heavy atom. The van der Waals surface area contributed by atoms with Crippen LogP contribution in [0.15, 0.2) is 48.5 Å². The van der Waals surface area contributed by atoms with Crippen LogP contribution in [0.25, 0.3) is 11.0 Å². The maximum atomic E-state index is 12.7. The molecule has 136 valence electrons. The van der Waals surface area contributed by atoms with E-state index in [0.29, 0.717) is 5.82 Å². The number of carbonyl (C=O) groups excluding carboxylic acids is 1. The lowest BCUT2D eigenvalue weighted by molar-refractivity contribution is -0.137. The van der Waals surface area contributed by atoms with E-state index in [1.807, 2.05) is 35.9 Å². The van der Waals surface area contributed by atoms with Crippen molar-refractivity contribution >= 4 is 16.9 Å². The first-order valence-corrected chi connectivity index (χ1v) is 7.81. The highest BCUT2D eigenvalue weighted by atomic mass is 19.4. The minimum atomic E-state index is -4.46. The lowest BCUT2D eigenvalue weighted by Gasteiger charge is -2.10. The van der Waals surface area contributed by atoms with Crippen LogP contribution in [0.4, 0.5) is 13.2 Å². The molecule has 1 N–H and O–H groups in total. The van der Waals surface area contributed by atoms with Crippen LogP contribution in [0.1, 0.15) is 11.4 Å². The Kier molecular flexibility index (Phi) is 4.83. The molecule has 0 bridgehead atoms. The molecular weight excluding hydrogens is 347 g/mol. The second kappa shape index (κ2) is 7.07. The minimum absolute atomic E-state index is 0.0160. The molecule has 0 aliphatic carbocycles. The molecule has 0 unspecified atom stereocenters. The summed E-state index contributed by atoms with van der Waals surface area (Å²) in [5.74, 6) is 0.200. The number of alkyl halides is 3. The van der Waals surface area contributed by atoms with Gasteiger partial charge in [-0.05, 0) is 30.3 Å². The first-order valence-electron chi connectivity index (χ1n) is 7.81. The summed E-state index contributed by atoms with van der Waals surface area (Å²) in [6.45, 7) is -0.193. The molecule has 0 spiro atoms. The molecular formula is C18H16F3N3O2. The maximum Gasteiger partial charge on any atom is 0.416 e. The SMILES string of the molecule is Cn1c(CNC(=O)COc2cccc(C(F)(F)F)c2)nc2ccccc21. The molecule has 5 nitrogen and oxygen atoms in total. The minimum Gasteiger partial charge on any atom is -0.484 e. The van der Waals surface area contributed by atoms with Crippen LogP contribution in [0.2, 0.25) is 0 Å². The van der Waals surface area contributed by atoms with Crippen molar-refractivity contribution in [2.24, 2.45) is 7.05 Å². The molecule has 26 heavy (non-hydrogen) atoms. The van der Waals surface area contributed by atoms with Gasteiger partial charge in [0.1, 0.15) is 11.6 Å². The number of ether oxygens (including phenoxy) is 1. The summed E-state index contributed by atoms with van der Waals surface area (Å²) in [6.07, 6.45) is -4.46. The molecule has 0 saturated heterocycles. The largest absolute Gasteiger partial charge is 0.484 e. The number of imidazole rings is 1. The summed E-state index contributed by atoms with van der Waals surface area (Å²) < 4.78 is 45.0. The molecule has 8 heteroatoms. The lowest BCUT2D eigenvalue weighted by Crippen LogP contribution is -2.29. The molecule has 1 heterocycles. The molecule has 3 rings (SSSR count). The smallest absolute Gasteiger partial charge is 0.416 e. The zero-order chi connectivity index (χ0) is 18.7. The van der Waals surface area contributed by atoms with E-state index in [0.717, 1.165) is 23.2 Å². The lowest BCUT2D eigenvalue weighted by atomic mass is 10.2. The molecule has 0 aliphatic rings. The van der Waals surface area contributed by atoms with E-state index in [-0.39, 0.29) is 18.9 Å². The van der Waals surface area contributed by atoms with E-state index in [1.54, 1.807) is 0 Å². The van der Waals surface area contributed by atoms with Crippen molar-refractivity contribution in [2.45, 2.75) is 12.7 Å². The number of benzene rings is 2. The molecule has 2 aromatic carbocycles. The predicted molar refractivity (Wildman–Crippen MR) is 89.5 cm³/mol. The van der Waals surface area contributed by atoms with Gasteiger partial charge in [-0.1, -0.05) is 18.2 Å². The van der Waals surface area contributed by atoms with Gasteiger partial charge in [-0.25, -0.2) is 4.98 Å². The number of amides is 1. The van der Waals surface area contributed by atoms with E-state index in [9.17, 15) is 18.0 Å². The van der Waals surface area contributed by atoms with Gasteiger partial charge in [-0.15, -0.1) is 0 Å². The molecule has 0 fully saturated rings. The van der Waals surface area contributed by atoms with Gasteiger partial charge in [0, 0.05) is 7.05 Å². The Balaban J connectivity index is 1.57. The summed E-state index contributed by atoms with van der Waals surface area (Å²) in [6, 6.07) is 12.0. The van der Waals surface area contributed by atoms with Crippen molar-refractivity contribution in [2.75, 3.05) is 6.61 Å². The number of para-hydroxylation sites is 2. The third-order valence-electron chi connectivity index (χ3n) is 3.85. The van der Waals surface area contributed by atoms with Gasteiger partial charge >= 0.3 is 6.18 Å². The van der Waals surface area contributed by atoms with Crippen LogP contribution < -0.4 is 10.1 Å². The van der Waals surface area contributed by atoms with Crippen LogP contribution in [0.3, 0.4) is 0 Å². The fraction of sp³-hybridized carbons (Fsp3) is 0.222. The number of rotatable bonds is 5. The van der Waals surface area contributed by atoms with E-state index in [4.69, 9.17) is 4.74 Å². The number of hydrogen-bond acceptors (Lipinski definition) is 3. The standard InChI is InChI=1S/C18H16F3N3O2/c1-24-15-8-3-2-7-14(15)23-16(24)10-22-17(25)11-26-13-6-4-5-12(9-13)18(19,20)21/h2-9H,10-11H2,1H3,(H,22,25). The first-order chi connectivity index (χ1) is 12.3. The molecule has 3 aromatic rings. The Morgan fingerprint density at radius 2 is 1.96 bits per heavy atom. The molecule has 0 radical (unpaired) electrons. The van der Waals surface area contributed by atoms with Crippen LogP contribution >= 0.6 is 0 Å². The fourth-order valence-corrected chi connectivity index (χ4v) is 2.49. The summed E-state index contributed by atoms with van der Waals surface area (Å²) in [5, 5.41) is 2.65. The van der Waals surface area contributed by atoms with Crippen LogP contribution in [0, 0.1) is 0 Å². The third-order valence-corrected chi connectivity index (χ3v) is 3.85. The number of nitrogens with zero attached hydrogens (tertiary/aromatic N) is 2. The van der Waals surface area contributed by atoms with E-state index < -0.39 is 17.6 Å². The van der Waals surface area contributed by atoms with Crippen molar-refractivity contribution < 1.29 is 22.7 Å². The summed E-state index contributed by atoms with van der Waals surface area (Å²) >= 11 is 0. The second-order valence-corrected chi connectivity index (χ2v) is 5.67. The number of halogens is 3. The van der Waals surface area contributed by atoms with Gasteiger partial charge in [0.25, 0.3) is 5.91 Å². The van der Waals surface area contributed by atoms with Crippen molar-refractivity contribution in [3.63, 3.8) is 0 Å². The van der Waals surface area contributed by atoms with Gasteiger partial charge in [0.2, 0.25) is 0 Å². The van der Waals surface area contributed by atoms with Crippen LogP contribution in [0.5, 0.6) is 5.75 Å². The number of nitrogens with one attached hydrogen (secondary N) is 1. The summed E-state index contributed by atoms with van der Waals surface area (Å²) in [7, 11) is 1.84. The van der Waals surface area contributed by atoms with Gasteiger partial charge in [0.05, 0.1) is 23.1 Å². The highest BCUT2D eigenvalue weighted by Gasteiger charge is 2.30. The topological polar surface area (TPSA) is 56.2 Å². The van der Waals surface area contributed by atoms with E-state index in [2.05, 4.69) is 10.3 Å². The second-order valence-electron chi connectivity index (χ2n) is 5.67. The monoisotopic (exact) mass is 363 g/mol. The molecule has 0 atom stereocenters. The number of fused-ring (bicyclic) bond motifs is 1. The molecule has 0 saturated carbocycles. The Labute approximate surface area is 147 Å². The summed E-state index contributed by atoms with van der Waals surface area (Å²) in [5.41, 5.74) is 0.937. The van der Waals surface area contributed by atoms with E-state index >= 15 is 0 Å². The Hall–Kier alpha value is -3.03. The first kappa shape index (κ1) is 17.8. The highest BCUT2D eigenvalue weighted by Crippen LogP contribution is 2.31. The van der Waals surface area contributed by atoms with Crippen LogP contribution in [-0.4, -0.2) is 22.1 Å². The molecule has 1 amide bonds. The van der Waals surface area contributed by atoms with Gasteiger partial charge in [-0.2, -0.15) is 13.2 Å². The van der Waals surface area contributed by atoms with Crippen molar-refractivity contribution in [3.05, 3.63) is 59.9 Å². The van der Waals surface area contributed by atoms with Gasteiger partial charge < -0.3 is 14.6 Å². The zero-order valence-electron chi connectivity index (χ0n) is 13.9. The van der Waals surface area contributed by atoms with Crippen LogP contribution in [-0.2, 0) is 24.6 Å². The highest BCUT2D eigenvalue weighted by molar-refractivity contribution is 5.78. The average Bonchev–Trinajstić information content (AvgIpc) is 2.94. The fourth-order valence-electron chi connectivity index (χ4n) is 2.49. The number of aromatic nitrogens is 2. The van der Waals surface area contributed by atoms with Crippen molar-refractivity contribution in [1.82, 2.24) is 14.9 Å². The molecule has 0 aliphatic heterocycles. The number of hydrogen-bond donors (Lipinski definition) is 1. The third kappa shape index (κ3) is 3.96. The average molecular weight is 363 g/mol. The quantitative estimate of drug-likeness (QED) is 0.757.